The van der Waals surface area contributed by atoms with E-state index in [0.717, 1.165) is 53.9 Å². The largest absolute Gasteiger partial charge is 0.376 e. The molecule has 2 aromatic carbocycles. The second-order valence-corrected chi connectivity index (χ2v) is 6.77. The number of Topliss-reactive ketones (excluding diaryl/α,β-unsaturated/α-hetero) is 1. The first kappa shape index (κ1) is 16.7. The zero-order chi connectivity index (χ0) is 17.9. The monoisotopic (exact) mass is 346 g/mol. The van der Waals surface area contributed by atoms with Gasteiger partial charge < -0.3 is 4.74 Å². The van der Waals surface area contributed by atoms with E-state index < -0.39 is 0 Å². The molecule has 1 saturated heterocycles. The van der Waals surface area contributed by atoms with Gasteiger partial charge in [0.15, 0.2) is 5.78 Å². The topological polar surface area (TPSA) is 44.1 Å². The fraction of sp³-hybridized carbons (Fsp3) is 0.273. The maximum atomic E-state index is 11.4. The van der Waals surface area contributed by atoms with Crippen molar-refractivity contribution in [1.82, 2.24) is 9.78 Å². The Hall–Kier alpha value is -2.72. The Balaban J connectivity index is 1.55. The molecule has 1 unspecified atom stereocenters. The number of hydrogen-bond donors (Lipinski definition) is 0. The molecular formula is C22H22N2O2. The van der Waals surface area contributed by atoms with Crippen molar-refractivity contribution in [1.29, 1.82) is 0 Å². The van der Waals surface area contributed by atoms with E-state index in [9.17, 15) is 4.79 Å². The standard InChI is InChI=1S/C22H22N2O2/c1-16(25)17-7-9-18(10-8-17)19-4-2-5-20(14-19)22-11-12-24(23-22)15-21-6-3-13-26-21/h2,4-5,7-12,14,21H,3,6,13,15H2,1H3. The lowest BCUT2D eigenvalue weighted by molar-refractivity contribution is 0.0940. The molecule has 4 rings (SSSR count). The van der Waals surface area contributed by atoms with Gasteiger partial charge in [-0.05, 0) is 43.0 Å². The number of nitrogens with zero attached hydrogens (tertiary/aromatic N) is 2. The van der Waals surface area contributed by atoms with E-state index in [-0.39, 0.29) is 11.9 Å². The third kappa shape index (κ3) is 3.60. The van der Waals surface area contributed by atoms with E-state index >= 15 is 0 Å². The summed E-state index contributed by atoms with van der Waals surface area (Å²) in [5, 5.41) is 4.71. The van der Waals surface area contributed by atoms with Crippen LogP contribution in [0.5, 0.6) is 0 Å². The number of carbonyl (C=O) groups excluding carboxylic acids is 1. The molecule has 3 aromatic rings. The predicted molar refractivity (Wildman–Crippen MR) is 102 cm³/mol. The normalized spacial score (nSPS) is 16.7. The van der Waals surface area contributed by atoms with Crippen LogP contribution in [0.15, 0.2) is 60.8 Å². The van der Waals surface area contributed by atoms with Crippen molar-refractivity contribution >= 4 is 5.78 Å². The molecule has 4 nitrogen and oxygen atoms in total. The molecule has 0 spiro atoms. The van der Waals surface area contributed by atoms with Crippen LogP contribution in [0.1, 0.15) is 30.1 Å². The van der Waals surface area contributed by atoms with Crippen molar-refractivity contribution in [3.63, 3.8) is 0 Å². The van der Waals surface area contributed by atoms with Crippen LogP contribution in [0.4, 0.5) is 0 Å². The van der Waals surface area contributed by atoms with Crippen LogP contribution < -0.4 is 0 Å². The maximum Gasteiger partial charge on any atom is 0.159 e. The second-order valence-electron chi connectivity index (χ2n) is 6.77. The van der Waals surface area contributed by atoms with Gasteiger partial charge in [0.25, 0.3) is 0 Å². The number of hydrogen-bond acceptors (Lipinski definition) is 3. The predicted octanol–water partition coefficient (Wildman–Crippen LogP) is 4.60. The summed E-state index contributed by atoms with van der Waals surface area (Å²) in [4.78, 5) is 11.4. The Morgan fingerprint density at radius 1 is 1.12 bits per heavy atom. The molecule has 0 radical (unpaired) electrons. The van der Waals surface area contributed by atoms with Crippen molar-refractivity contribution < 1.29 is 9.53 Å². The fourth-order valence-corrected chi connectivity index (χ4v) is 3.37. The molecule has 1 aromatic heterocycles. The third-order valence-electron chi connectivity index (χ3n) is 4.84. The Kier molecular flexibility index (Phi) is 4.67. The van der Waals surface area contributed by atoms with E-state index in [0.29, 0.717) is 0 Å². The second kappa shape index (κ2) is 7.26. The molecule has 4 heteroatoms. The van der Waals surface area contributed by atoms with Crippen molar-refractivity contribution in [2.24, 2.45) is 0 Å². The van der Waals surface area contributed by atoms with Crippen LogP contribution in [-0.4, -0.2) is 28.3 Å². The van der Waals surface area contributed by atoms with E-state index in [1.165, 1.54) is 0 Å². The van der Waals surface area contributed by atoms with Crippen LogP contribution in [0.3, 0.4) is 0 Å². The summed E-state index contributed by atoms with van der Waals surface area (Å²) >= 11 is 0. The smallest absolute Gasteiger partial charge is 0.159 e. The highest BCUT2D eigenvalue weighted by Gasteiger charge is 2.16. The van der Waals surface area contributed by atoms with Gasteiger partial charge >= 0.3 is 0 Å². The molecule has 0 saturated carbocycles. The van der Waals surface area contributed by atoms with Crippen LogP contribution in [0.2, 0.25) is 0 Å². The summed E-state index contributed by atoms with van der Waals surface area (Å²) in [5.74, 6) is 0.0853. The van der Waals surface area contributed by atoms with Crippen molar-refractivity contribution in [3.05, 3.63) is 66.4 Å². The molecule has 1 aliphatic heterocycles. The number of aromatic nitrogens is 2. The molecule has 0 N–H and O–H groups in total. The number of rotatable bonds is 5. The van der Waals surface area contributed by atoms with Gasteiger partial charge in [-0.15, -0.1) is 0 Å². The summed E-state index contributed by atoms with van der Waals surface area (Å²) in [7, 11) is 0. The molecule has 1 atom stereocenters. The highest BCUT2D eigenvalue weighted by molar-refractivity contribution is 5.94. The van der Waals surface area contributed by atoms with Crippen LogP contribution in [-0.2, 0) is 11.3 Å². The SMILES string of the molecule is CC(=O)c1ccc(-c2cccc(-c3ccn(CC4CCCO4)n3)c2)cc1. The van der Waals surface area contributed by atoms with Gasteiger partial charge in [-0.3, -0.25) is 9.48 Å². The van der Waals surface area contributed by atoms with Gasteiger partial charge in [0, 0.05) is 23.9 Å². The molecule has 2 heterocycles. The Morgan fingerprint density at radius 2 is 1.92 bits per heavy atom. The number of ketones is 1. The lowest BCUT2D eigenvalue weighted by atomic mass is 10.00. The first-order valence-corrected chi connectivity index (χ1v) is 9.06. The van der Waals surface area contributed by atoms with E-state index in [4.69, 9.17) is 9.84 Å². The molecule has 0 bridgehead atoms. The van der Waals surface area contributed by atoms with Crippen molar-refractivity contribution in [2.45, 2.75) is 32.4 Å². The van der Waals surface area contributed by atoms with E-state index in [1.54, 1.807) is 6.92 Å². The number of carbonyl (C=O) groups is 1. The molecular weight excluding hydrogens is 324 g/mol. The summed E-state index contributed by atoms with van der Waals surface area (Å²) < 4.78 is 7.66. The molecule has 1 fully saturated rings. The Morgan fingerprint density at radius 3 is 2.65 bits per heavy atom. The minimum absolute atomic E-state index is 0.0853. The summed E-state index contributed by atoms with van der Waals surface area (Å²) in [5.41, 5.74) is 4.99. The highest BCUT2D eigenvalue weighted by Crippen LogP contribution is 2.26. The molecule has 0 amide bonds. The van der Waals surface area contributed by atoms with Crippen molar-refractivity contribution in [2.75, 3.05) is 6.61 Å². The first-order valence-electron chi connectivity index (χ1n) is 9.06. The van der Waals surface area contributed by atoms with Gasteiger partial charge in [0.2, 0.25) is 0 Å². The zero-order valence-corrected chi connectivity index (χ0v) is 14.9. The lowest BCUT2D eigenvalue weighted by Gasteiger charge is -2.09. The lowest BCUT2D eigenvalue weighted by Crippen LogP contribution is -2.15. The summed E-state index contributed by atoms with van der Waals surface area (Å²) in [6, 6.07) is 18.1. The quantitative estimate of drug-likeness (QED) is 0.634. The Bertz CT molecular complexity index is 906. The average Bonchev–Trinajstić information content (AvgIpc) is 3.34. The number of ether oxygens (including phenoxy) is 1. The van der Waals surface area contributed by atoms with E-state index in [1.807, 2.05) is 47.3 Å². The third-order valence-corrected chi connectivity index (χ3v) is 4.84. The average molecular weight is 346 g/mol. The van der Waals surface area contributed by atoms with Gasteiger partial charge in [-0.25, -0.2) is 0 Å². The minimum atomic E-state index is 0.0853. The highest BCUT2D eigenvalue weighted by atomic mass is 16.5. The van der Waals surface area contributed by atoms with Crippen LogP contribution in [0.25, 0.3) is 22.4 Å². The van der Waals surface area contributed by atoms with Gasteiger partial charge in [0.1, 0.15) is 0 Å². The van der Waals surface area contributed by atoms with Crippen molar-refractivity contribution in [3.8, 4) is 22.4 Å². The minimum Gasteiger partial charge on any atom is -0.376 e. The summed E-state index contributed by atoms with van der Waals surface area (Å²) in [6.07, 6.45) is 4.56. The van der Waals surface area contributed by atoms with Gasteiger partial charge in [0.05, 0.1) is 18.3 Å². The fourth-order valence-electron chi connectivity index (χ4n) is 3.37. The number of benzene rings is 2. The molecule has 0 aliphatic carbocycles. The van der Waals surface area contributed by atoms with E-state index in [2.05, 4.69) is 18.2 Å². The van der Waals surface area contributed by atoms with Crippen LogP contribution in [0, 0.1) is 0 Å². The summed E-state index contributed by atoms with van der Waals surface area (Å²) in [6.45, 7) is 3.26. The van der Waals surface area contributed by atoms with Gasteiger partial charge in [-0.1, -0.05) is 42.5 Å². The van der Waals surface area contributed by atoms with Gasteiger partial charge in [-0.2, -0.15) is 5.10 Å². The first-order chi connectivity index (χ1) is 12.7. The molecule has 1 aliphatic rings. The molecule has 132 valence electrons. The maximum absolute atomic E-state index is 11.4. The Labute approximate surface area is 153 Å². The van der Waals surface area contributed by atoms with Crippen LogP contribution >= 0.6 is 0 Å². The molecule has 26 heavy (non-hydrogen) atoms. The zero-order valence-electron chi connectivity index (χ0n) is 14.9.